The van der Waals surface area contributed by atoms with Crippen LogP contribution in [0.1, 0.15) is 37.8 Å². The standard InChI is InChI=1S/C19H22S/c1-5-7-15-10-11-18(14(2)3)19(12-15)16-8-6-9-17(13-16)20-4/h5-14H,1-4H3/b7-5+. The lowest BCUT2D eigenvalue weighted by atomic mass is 9.91. The van der Waals surface area contributed by atoms with Crippen molar-refractivity contribution in [1.29, 1.82) is 0 Å². The zero-order valence-electron chi connectivity index (χ0n) is 12.7. The Bertz CT molecular complexity index is 609. The molecule has 20 heavy (non-hydrogen) atoms. The van der Waals surface area contributed by atoms with E-state index in [4.69, 9.17) is 0 Å². The second-order valence-corrected chi connectivity index (χ2v) is 6.11. The summed E-state index contributed by atoms with van der Waals surface area (Å²) in [6, 6.07) is 15.6. The summed E-state index contributed by atoms with van der Waals surface area (Å²) in [5, 5.41) is 0. The molecule has 0 aliphatic carbocycles. The molecule has 1 heteroatoms. The minimum Gasteiger partial charge on any atom is -0.130 e. The predicted octanol–water partition coefficient (Wildman–Crippen LogP) is 6.23. The molecule has 0 saturated heterocycles. The zero-order chi connectivity index (χ0) is 14.5. The van der Waals surface area contributed by atoms with Crippen molar-refractivity contribution >= 4 is 17.8 Å². The average Bonchev–Trinajstić information content (AvgIpc) is 2.47. The molecule has 0 radical (unpaired) electrons. The first-order chi connectivity index (χ1) is 9.65. The highest BCUT2D eigenvalue weighted by Gasteiger charge is 2.09. The minimum absolute atomic E-state index is 0.530. The summed E-state index contributed by atoms with van der Waals surface area (Å²) >= 11 is 1.79. The highest BCUT2D eigenvalue weighted by molar-refractivity contribution is 7.98. The van der Waals surface area contributed by atoms with Gasteiger partial charge in [-0.1, -0.05) is 50.3 Å². The normalized spacial score (nSPS) is 11.4. The van der Waals surface area contributed by atoms with Crippen molar-refractivity contribution in [3.8, 4) is 11.1 Å². The quantitative estimate of drug-likeness (QED) is 0.599. The number of hydrogen-bond donors (Lipinski definition) is 0. The fraction of sp³-hybridized carbons (Fsp3) is 0.263. The average molecular weight is 282 g/mol. The van der Waals surface area contributed by atoms with Crippen molar-refractivity contribution < 1.29 is 0 Å². The molecule has 0 saturated carbocycles. The third-order valence-corrected chi connectivity index (χ3v) is 4.16. The molecular formula is C19H22S. The molecule has 0 unspecified atom stereocenters. The Labute approximate surface area is 126 Å². The van der Waals surface area contributed by atoms with Gasteiger partial charge in [-0.3, -0.25) is 0 Å². The molecule has 2 aromatic carbocycles. The van der Waals surface area contributed by atoms with Crippen LogP contribution in [0.15, 0.2) is 53.4 Å². The van der Waals surface area contributed by atoms with E-state index in [1.165, 1.54) is 27.1 Å². The minimum atomic E-state index is 0.530. The molecular weight excluding hydrogens is 260 g/mol. The fourth-order valence-corrected chi connectivity index (χ4v) is 2.87. The highest BCUT2D eigenvalue weighted by atomic mass is 32.2. The molecule has 0 bridgehead atoms. The fourth-order valence-electron chi connectivity index (χ4n) is 2.41. The van der Waals surface area contributed by atoms with Gasteiger partial charge in [0.15, 0.2) is 0 Å². The largest absolute Gasteiger partial charge is 0.130 e. The predicted molar refractivity (Wildman–Crippen MR) is 92.5 cm³/mol. The van der Waals surface area contributed by atoms with Crippen LogP contribution in [0, 0.1) is 0 Å². The van der Waals surface area contributed by atoms with Crippen molar-refractivity contribution in [1.82, 2.24) is 0 Å². The summed E-state index contributed by atoms with van der Waals surface area (Å²) < 4.78 is 0. The lowest BCUT2D eigenvalue weighted by Crippen LogP contribution is -1.93. The first-order valence-corrected chi connectivity index (χ1v) is 8.29. The zero-order valence-corrected chi connectivity index (χ0v) is 13.5. The van der Waals surface area contributed by atoms with Gasteiger partial charge >= 0.3 is 0 Å². The van der Waals surface area contributed by atoms with E-state index in [1.54, 1.807) is 11.8 Å². The molecule has 2 aromatic rings. The molecule has 0 fully saturated rings. The second kappa shape index (κ2) is 6.81. The maximum atomic E-state index is 2.30. The third kappa shape index (κ3) is 3.34. The Morgan fingerprint density at radius 2 is 1.85 bits per heavy atom. The third-order valence-electron chi connectivity index (χ3n) is 3.44. The van der Waals surface area contributed by atoms with Crippen LogP contribution in [0.25, 0.3) is 17.2 Å². The van der Waals surface area contributed by atoms with Crippen molar-refractivity contribution in [2.75, 3.05) is 6.26 Å². The second-order valence-electron chi connectivity index (χ2n) is 5.23. The Morgan fingerprint density at radius 1 is 1.05 bits per heavy atom. The number of benzene rings is 2. The Balaban J connectivity index is 2.59. The van der Waals surface area contributed by atoms with Crippen molar-refractivity contribution in [2.45, 2.75) is 31.6 Å². The van der Waals surface area contributed by atoms with E-state index in [-0.39, 0.29) is 0 Å². The van der Waals surface area contributed by atoms with Gasteiger partial charge in [-0.25, -0.2) is 0 Å². The number of allylic oxidation sites excluding steroid dienone is 1. The van der Waals surface area contributed by atoms with Crippen molar-refractivity contribution in [3.05, 3.63) is 59.7 Å². The lowest BCUT2D eigenvalue weighted by Gasteiger charge is -2.15. The van der Waals surface area contributed by atoms with Crippen LogP contribution in [-0.4, -0.2) is 6.26 Å². The van der Waals surface area contributed by atoms with Gasteiger partial charge in [0.1, 0.15) is 0 Å². The maximum absolute atomic E-state index is 2.30. The van der Waals surface area contributed by atoms with Gasteiger partial charge in [-0.15, -0.1) is 11.8 Å². The molecule has 2 rings (SSSR count). The summed E-state index contributed by atoms with van der Waals surface area (Å²) in [6.07, 6.45) is 6.37. The molecule has 104 valence electrons. The summed E-state index contributed by atoms with van der Waals surface area (Å²) in [5.74, 6) is 0.530. The van der Waals surface area contributed by atoms with E-state index < -0.39 is 0 Å². The van der Waals surface area contributed by atoms with Crippen LogP contribution in [0.5, 0.6) is 0 Å². The van der Waals surface area contributed by atoms with Crippen LogP contribution in [-0.2, 0) is 0 Å². The molecule has 0 atom stereocenters. The Hall–Kier alpha value is -1.47. The van der Waals surface area contributed by atoms with Crippen LogP contribution in [0.3, 0.4) is 0 Å². The Kier molecular flexibility index (Phi) is 5.08. The SMILES string of the molecule is C/C=C/c1ccc(C(C)C)c(-c2cccc(SC)c2)c1. The van der Waals surface area contributed by atoms with E-state index in [2.05, 4.69) is 81.6 Å². The van der Waals surface area contributed by atoms with Gasteiger partial charge in [0, 0.05) is 4.90 Å². The first-order valence-electron chi connectivity index (χ1n) is 7.06. The first kappa shape index (κ1) is 14.9. The van der Waals surface area contributed by atoms with E-state index >= 15 is 0 Å². The number of rotatable bonds is 4. The molecule has 0 N–H and O–H groups in total. The molecule has 0 heterocycles. The van der Waals surface area contributed by atoms with Crippen LogP contribution < -0.4 is 0 Å². The van der Waals surface area contributed by atoms with Gasteiger partial charge in [-0.2, -0.15) is 0 Å². The molecule has 0 amide bonds. The monoisotopic (exact) mass is 282 g/mol. The van der Waals surface area contributed by atoms with E-state index in [1.807, 2.05) is 0 Å². The molecule has 0 aliphatic rings. The molecule has 0 nitrogen and oxygen atoms in total. The smallest absolute Gasteiger partial charge is 0.00752 e. The summed E-state index contributed by atoms with van der Waals surface area (Å²) in [4.78, 5) is 1.31. The summed E-state index contributed by atoms with van der Waals surface area (Å²) in [6.45, 7) is 6.57. The van der Waals surface area contributed by atoms with Crippen LogP contribution in [0.4, 0.5) is 0 Å². The van der Waals surface area contributed by atoms with Crippen LogP contribution in [0.2, 0.25) is 0 Å². The van der Waals surface area contributed by atoms with E-state index in [0.29, 0.717) is 5.92 Å². The van der Waals surface area contributed by atoms with Gasteiger partial charge < -0.3 is 0 Å². The number of hydrogen-bond acceptors (Lipinski definition) is 1. The van der Waals surface area contributed by atoms with Gasteiger partial charge in [0.05, 0.1) is 0 Å². The van der Waals surface area contributed by atoms with Gasteiger partial charge in [0.2, 0.25) is 0 Å². The summed E-state index contributed by atoms with van der Waals surface area (Å²) in [5.41, 5.74) is 5.34. The topological polar surface area (TPSA) is 0 Å². The maximum Gasteiger partial charge on any atom is 0.00752 e. The van der Waals surface area contributed by atoms with E-state index in [0.717, 1.165) is 0 Å². The van der Waals surface area contributed by atoms with Gasteiger partial charge in [-0.05, 0) is 59.6 Å². The molecule has 0 aliphatic heterocycles. The van der Waals surface area contributed by atoms with Crippen LogP contribution >= 0.6 is 11.8 Å². The molecule has 0 spiro atoms. The molecule has 0 aromatic heterocycles. The van der Waals surface area contributed by atoms with Crippen molar-refractivity contribution in [3.63, 3.8) is 0 Å². The highest BCUT2D eigenvalue weighted by Crippen LogP contribution is 2.32. The number of thioether (sulfide) groups is 1. The lowest BCUT2D eigenvalue weighted by molar-refractivity contribution is 0.869. The van der Waals surface area contributed by atoms with Gasteiger partial charge in [0.25, 0.3) is 0 Å². The van der Waals surface area contributed by atoms with E-state index in [9.17, 15) is 0 Å². The Morgan fingerprint density at radius 3 is 2.50 bits per heavy atom. The van der Waals surface area contributed by atoms with Crippen molar-refractivity contribution in [2.24, 2.45) is 0 Å². The summed E-state index contributed by atoms with van der Waals surface area (Å²) in [7, 11) is 0.